The van der Waals surface area contributed by atoms with E-state index >= 15 is 0 Å². The number of aromatic nitrogens is 2. The first-order valence-electron chi connectivity index (χ1n) is 13.8. The van der Waals surface area contributed by atoms with Crippen molar-refractivity contribution in [2.45, 2.75) is 69.2 Å². The molecule has 5 amide bonds. The van der Waals surface area contributed by atoms with Crippen LogP contribution in [0.1, 0.15) is 77.3 Å². The largest absolute Gasteiger partial charge is 0.380 e. The molecule has 8 rings (SSSR count). The molecule has 4 heterocycles. The number of nitrogens with one attached hydrogen (secondary N) is 2. The van der Waals surface area contributed by atoms with Crippen molar-refractivity contribution >= 4 is 35.2 Å². The topological polar surface area (TPSA) is 134 Å². The summed E-state index contributed by atoms with van der Waals surface area (Å²) >= 11 is 0. The summed E-state index contributed by atoms with van der Waals surface area (Å²) in [5.74, 6) is -2.06. The number of benzene rings is 1. The van der Waals surface area contributed by atoms with Gasteiger partial charge in [0.15, 0.2) is 0 Å². The number of imide groups is 2. The summed E-state index contributed by atoms with van der Waals surface area (Å²) in [6, 6.07) is 4.09. The van der Waals surface area contributed by atoms with Crippen LogP contribution < -0.4 is 10.6 Å². The number of likely N-dealkylation sites (tertiary alicyclic amines) is 1. The van der Waals surface area contributed by atoms with Gasteiger partial charge in [-0.05, 0) is 50.7 Å². The number of carbonyl (C=O) groups excluding carboxylic acids is 5. The molecule has 2 bridgehead atoms. The number of fused-ring (bicyclic) bond motifs is 1. The van der Waals surface area contributed by atoms with Crippen molar-refractivity contribution in [1.82, 2.24) is 24.9 Å². The first-order valence-corrected chi connectivity index (χ1v) is 13.8. The molecule has 3 aliphatic heterocycles. The van der Waals surface area contributed by atoms with E-state index < -0.39 is 40.8 Å². The third-order valence-electron chi connectivity index (χ3n) is 9.15. The molecule has 2 saturated heterocycles. The summed E-state index contributed by atoms with van der Waals surface area (Å²) in [6.07, 6.45) is 6.55. The molecule has 6 aliphatic rings. The van der Waals surface area contributed by atoms with Crippen molar-refractivity contribution in [2.75, 3.05) is 18.4 Å². The fraction of sp³-hybridized carbons (Fsp3) is 0.500. The Hall–Kier alpha value is -4.09. The molecule has 2 aromatic rings. The Morgan fingerprint density at radius 3 is 2.52 bits per heavy atom. The van der Waals surface area contributed by atoms with Crippen LogP contribution >= 0.6 is 0 Å². The van der Waals surface area contributed by atoms with E-state index in [1.807, 2.05) is 15.8 Å². The minimum Gasteiger partial charge on any atom is -0.380 e. The van der Waals surface area contributed by atoms with Crippen molar-refractivity contribution in [1.29, 1.82) is 0 Å². The predicted octanol–water partition coefficient (Wildman–Crippen LogP) is 1.95. The summed E-state index contributed by atoms with van der Waals surface area (Å²) in [6.45, 7) is 1.63. The van der Waals surface area contributed by atoms with Crippen LogP contribution in [0, 0.1) is 5.41 Å². The van der Waals surface area contributed by atoms with E-state index in [1.165, 1.54) is 0 Å². The number of amides is 5. The smallest absolute Gasteiger partial charge is 0.264 e. The minimum atomic E-state index is -1.08. The molecule has 3 aliphatic carbocycles. The van der Waals surface area contributed by atoms with Gasteiger partial charge in [-0.1, -0.05) is 6.07 Å². The quantitative estimate of drug-likeness (QED) is 0.527. The van der Waals surface area contributed by atoms with Gasteiger partial charge in [0, 0.05) is 43.5 Å². The Kier molecular flexibility index (Phi) is 5.42. The number of hydrogen-bond donors (Lipinski definition) is 2. The highest BCUT2D eigenvalue weighted by molar-refractivity contribution is 6.25. The van der Waals surface area contributed by atoms with E-state index in [-0.39, 0.29) is 35.9 Å². The minimum absolute atomic E-state index is 0.0643. The zero-order valence-electron chi connectivity index (χ0n) is 21.8. The zero-order chi connectivity index (χ0) is 27.8. The number of nitrogens with zero attached hydrogens (tertiary/aromatic N) is 4. The second kappa shape index (κ2) is 8.70. The summed E-state index contributed by atoms with van der Waals surface area (Å²) in [4.78, 5) is 65.9. The average molecular weight is 549 g/mol. The fourth-order valence-corrected chi connectivity index (χ4v) is 7.09. The summed E-state index contributed by atoms with van der Waals surface area (Å²) < 4.78 is 15.8. The van der Waals surface area contributed by atoms with Gasteiger partial charge in [0.1, 0.15) is 11.7 Å². The second-order valence-electron chi connectivity index (χ2n) is 11.8. The maximum absolute atomic E-state index is 13.9. The first kappa shape index (κ1) is 24.9. The Balaban J connectivity index is 0.982. The number of piperidine rings is 2. The van der Waals surface area contributed by atoms with E-state index in [1.54, 1.807) is 24.4 Å². The van der Waals surface area contributed by atoms with Gasteiger partial charge < -0.3 is 10.2 Å². The van der Waals surface area contributed by atoms with Crippen LogP contribution in [-0.4, -0.2) is 73.9 Å². The van der Waals surface area contributed by atoms with E-state index in [2.05, 4.69) is 15.7 Å². The van der Waals surface area contributed by atoms with Crippen LogP contribution in [0.2, 0.25) is 0 Å². The third-order valence-corrected chi connectivity index (χ3v) is 9.15. The molecule has 1 unspecified atom stereocenters. The van der Waals surface area contributed by atoms with E-state index in [4.69, 9.17) is 0 Å². The highest BCUT2D eigenvalue weighted by Gasteiger charge is 2.73. The summed E-state index contributed by atoms with van der Waals surface area (Å²) in [5, 5.41) is 9.97. The maximum Gasteiger partial charge on any atom is 0.264 e. The lowest BCUT2D eigenvalue weighted by molar-refractivity contribution is -0.222. The van der Waals surface area contributed by atoms with Crippen LogP contribution in [0.25, 0.3) is 0 Å². The normalized spacial score (nSPS) is 29.6. The molecule has 12 heteroatoms. The molecule has 0 radical (unpaired) electrons. The van der Waals surface area contributed by atoms with Gasteiger partial charge in [-0.2, -0.15) is 5.10 Å². The molecule has 11 nitrogen and oxygen atoms in total. The lowest BCUT2D eigenvalue weighted by Gasteiger charge is -2.65. The van der Waals surface area contributed by atoms with Gasteiger partial charge in [0.25, 0.3) is 11.8 Å². The Morgan fingerprint density at radius 1 is 1.07 bits per heavy atom. The van der Waals surface area contributed by atoms with Crippen molar-refractivity contribution in [3.05, 3.63) is 47.3 Å². The van der Waals surface area contributed by atoms with Gasteiger partial charge in [0.05, 0.1) is 28.8 Å². The highest BCUT2D eigenvalue weighted by atomic mass is 19.1. The number of hydrogen-bond acceptors (Lipinski definition) is 7. The predicted molar refractivity (Wildman–Crippen MR) is 138 cm³/mol. The van der Waals surface area contributed by atoms with Crippen LogP contribution in [0.15, 0.2) is 30.6 Å². The van der Waals surface area contributed by atoms with Crippen LogP contribution in [0.5, 0.6) is 0 Å². The van der Waals surface area contributed by atoms with Gasteiger partial charge in [-0.3, -0.25) is 38.9 Å². The number of halogens is 1. The van der Waals surface area contributed by atoms with Gasteiger partial charge in [-0.15, -0.1) is 0 Å². The lowest BCUT2D eigenvalue weighted by Crippen LogP contribution is -2.70. The number of carbonyl (C=O) groups is 5. The SMILES string of the molecule is O=C1CCC(N2C(=O)c3cccc(NCc4cnn(C5CCN(C(=O)C67CC(F)(C6)C7)CC5)c4)c3C2=O)C(=O)N1. The molecule has 40 heavy (non-hydrogen) atoms. The molecule has 2 N–H and O–H groups in total. The molecule has 1 atom stereocenters. The van der Waals surface area contributed by atoms with Gasteiger partial charge in [-0.25, -0.2) is 4.39 Å². The molecule has 3 saturated carbocycles. The molecular weight excluding hydrogens is 519 g/mol. The number of alkyl halides is 1. The first-order chi connectivity index (χ1) is 19.2. The second-order valence-corrected chi connectivity index (χ2v) is 11.8. The third kappa shape index (κ3) is 3.75. The average Bonchev–Trinajstić information content (AvgIpc) is 3.48. The van der Waals surface area contributed by atoms with Gasteiger partial charge >= 0.3 is 0 Å². The van der Waals surface area contributed by atoms with Crippen molar-refractivity contribution < 1.29 is 28.4 Å². The summed E-state index contributed by atoms with van der Waals surface area (Å²) in [7, 11) is 0. The van der Waals surface area contributed by atoms with Crippen LogP contribution in [-0.2, 0) is 20.9 Å². The highest BCUT2D eigenvalue weighted by Crippen LogP contribution is 2.70. The monoisotopic (exact) mass is 548 g/mol. The van der Waals surface area contributed by atoms with E-state index in [0.717, 1.165) is 23.3 Å². The molecule has 1 aromatic carbocycles. The molecule has 0 spiro atoms. The van der Waals surface area contributed by atoms with E-state index in [0.29, 0.717) is 44.6 Å². The lowest BCUT2D eigenvalue weighted by atomic mass is 9.42. The molecule has 208 valence electrons. The Labute approximate surface area is 229 Å². The number of anilines is 1. The fourth-order valence-electron chi connectivity index (χ4n) is 7.09. The maximum atomic E-state index is 13.9. The Bertz CT molecular complexity index is 1460. The zero-order valence-corrected chi connectivity index (χ0v) is 21.8. The standard InChI is InChI=1S/C28H29FN6O5/c29-28-13-27(14-28,15-28)26(40)33-8-6-17(7-9-33)34-12-16(11-31-34)10-30-19-3-1-2-18-22(19)25(39)35(24(18)38)20-4-5-21(36)32-23(20)37/h1-3,11-12,17,20,30H,4-10,13-15H2,(H,32,36,37). The van der Waals surface area contributed by atoms with Crippen molar-refractivity contribution in [3.63, 3.8) is 0 Å². The molecular formula is C28H29FN6O5. The summed E-state index contributed by atoms with van der Waals surface area (Å²) in [5.41, 5.74) is 0.282. The number of rotatable bonds is 6. The van der Waals surface area contributed by atoms with Crippen molar-refractivity contribution in [2.24, 2.45) is 5.41 Å². The van der Waals surface area contributed by atoms with Crippen LogP contribution in [0.4, 0.5) is 10.1 Å². The molecule has 1 aromatic heterocycles. The molecule has 5 fully saturated rings. The van der Waals surface area contributed by atoms with Crippen LogP contribution in [0.3, 0.4) is 0 Å². The van der Waals surface area contributed by atoms with Gasteiger partial charge in [0.2, 0.25) is 17.7 Å². The van der Waals surface area contributed by atoms with E-state index in [9.17, 15) is 28.4 Å². The van der Waals surface area contributed by atoms with Crippen molar-refractivity contribution in [3.8, 4) is 0 Å². The Morgan fingerprint density at radius 2 is 1.82 bits per heavy atom.